The first kappa shape index (κ1) is 21.4. The van der Waals surface area contributed by atoms with Crippen LogP contribution in [0, 0.1) is 11.7 Å². The lowest BCUT2D eigenvalue weighted by molar-refractivity contribution is -0.135. The molecule has 1 aliphatic heterocycles. The molecule has 1 heterocycles. The quantitative estimate of drug-likeness (QED) is 0.699. The molecule has 5 nitrogen and oxygen atoms in total. The van der Waals surface area contributed by atoms with Crippen LogP contribution in [-0.4, -0.2) is 73.8 Å². The molecule has 1 fully saturated rings. The zero-order valence-electron chi connectivity index (χ0n) is 16.8. The number of carbonyl (C=O) groups excluding carboxylic acids is 2. The van der Waals surface area contributed by atoms with E-state index in [1.807, 2.05) is 19.2 Å². The second-order valence-electron chi connectivity index (χ2n) is 7.75. The molecule has 0 N–H and O–H groups in total. The fourth-order valence-electron chi connectivity index (χ4n) is 3.56. The van der Waals surface area contributed by atoms with E-state index in [2.05, 4.69) is 4.90 Å². The number of halogens is 1. The van der Waals surface area contributed by atoms with Crippen LogP contribution in [0.5, 0.6) is 0 Å². The average Bonchev–Trinajstić information content (AvgIpc) is 2.65. The van der Waals surface area contributed by atoms with Crippen molar-refractivity contribution >= 4 is 11.8 Å². The highest BCUT2D eigenvalue weighted by atomic mass is 19.1. The largest absolute Gasteiger partial charge is 0.349 e. The molecule has 1 aromatic carbocycles. The Bertz CT molecular complexity index is 618. The molecule has 0 spiro atoms. The summed E-state index contributed by atoms with van der Waals surface area (Å²) in [7, 11) is 5.25. The minimum absolute atomic E-state index is 0.0126. The maximum absolute atomic E-state index is 13.0. The van der Waals surface area contributed by atoms with Gasteiger partial charge in [0.1, 0.15) is 5.82 Å². The Morgan fingerprint density at radius 2 is 1.78 bits per heavy atom. The molecule has 1 saturated heterocycles. The summed E-state index contributed by atoms with van der Waals surface area (Å²) < 4.78 is 13.0. The zero-order valence-corrected chi connectivity index (χ0v) is 16.8. The maximum Gasteiger partial charge on any atom is 0.222 e. The van der Waals surface area contributed by atoms with Crippen molar-refractivity contribution < 1.29 is 14.0 Å². The Hall–Kier alpha value is -1.95. The van der Waals surface area contributed by atoms with Gasteiger partial charge in [-0.25, -0.2) is 4.39 Å². The molecule has 1 atom stereocenters. The van der Waals surface area contributed by atoms with E-state index in [1.165, 1.54) is 17.0 Å². The third kappa shape index (κ3) is 7.29. The first-order valence-electron chi connectivity index (χ1n) is 9.76. The Morgan fingerprint density at radius 3 is 2.44 bits per heavy atom. The van der Waals surface area contributed by atoms with Gasteiger partial charge in [0.15, 0.2) is 0 Å². The van der Waals surface area contributed by atoms with Gasteiger partial charge in [-0.1, -0.05) is 12.1 Å². The van der Waals surface area contributed by atoms with Gasteiger partial charge >= 0.3 is 0 Å². The van der Waals surface area contributed by atoms with Crippen LogP contribution in [0.1, 0.15) is 31.2 Å². The number of benzene rings is 1. The van der Waals surface area contributed by atoms with E-state index in [1.54, 1.807) is 19.0 Å². The van der Waals surface area contributed by atoms with Gasteiger partial charge in [-0.15, -0.1) is 0 Å². The van der Waals surface area contributed by atoms with Crippen LogP contribution >= 0.6 is 0 Å². The fraction of sp³-hybridized carbons (Fsp3) is 0.619. The maximum atomic E-state index is 13.0. The smallest absolute Gasteiger partial charge is 0.222 e. The first-order chi connectivity index (χ1) is 12.8. The van der Waals surface area contributed by atoms with Crippen LogP contribution in [0.15, 0.2) is 24.3 Å². The molecule has 2 rings (SSSR count). The first-order valence-corrected chi connectivity index (χ1v) is 9.76. The highest BCUT2D eigenvalue weighted by molar-refractivity contribution is 5.83. The Kier molecular flexibility index (Phi) is 8.23. The van der Waals surface area contributed by atoms with E-state index >= 15 is 0 Å². The van der Waals surface area contributed by atoms with Crippen LogP contribution in [0.2, 0.25) is 0 Å². The normalized spacial score (nSPS) is 17.6. The Labute approximate surface area is 162 Å². The lowest BCUT2D eigenvalue weighted by Crippen LogP contribution is -2.42. The molecule has 150 valence electrons. The summed E-state index contributed by atoms with van der Waals surface area (Å²) in [5, 5.41) is 0. The number of carbonyl (C=O) groups is 2. The van der Waals surface area contributed by atoms with Crippen LogP contribution in [0.4, 0.5) is 4.39 Å². The van der Waals surface area contributed by atoms with Crippen molar-refractivity contribution in [3.63, 3.8) is 0 Å². The van der Waals surface area contributed by atoms with Gasteiger partial charge in [-0.2, -0.15) is 0 Å². The lowest BCUT2D eigenvalue weighted by atomic mass is 9.97. The standard InChI is InChI=1S/C21H32FN3O2/c1-23(2)20(26)10-11-21(27)24(3)15-18-5-4-13-25(16-18)14-12-17-6-8-19(22)9-7-17/h6-9,18H,4-5,10-16H2,1-3H3/t18-/m0/s1. The van der Waals surface area contributed by atoms with Crippen molar-refractivity contribution in [1.29, 1.82) is 0 Å². The van der Waals surface area contributed by atoms with Crippen molar-refractivity contribution in [2.75, 3.05) is 47.3 Å². The van der Waals surface area contributed by atoms with Crippen molar-refractivity contribution in [2.24, 2.45) is 5.92 Å². The Balaban J connectivity index is 1.73. The van der Waals surface area contributed by atoms with Crippen LogP contribution in [0.3, 0.4) is 0 Å². The predicted molar refractivity (Wildman–Crippen MR) is 105 cm³/mol. The number of piperidine rings is 1. The number of nitrogens with zero attached hydrogens (tertiary/aromatic N) is 3. The number of likely N-dealkylation sites (tertiary alicyclic amines) is 1. The summed E-state index contributed by atoms with van der Waals surface area (Å²) in [6.45, 7) is 3.75. The summed E-state index contributed by atoms with van der Waals surface area (Å²) >= 11 is 0. The number of hydrogen-bond acceptors (Lipinski definition) is 3. The van der Waals surface area contributed by atoms with Gasteiger partial charge in [-0.05, 0) is 49.4 Å². The van der Waals surface area contributed by atoms with E-state index in [0.29, 0.717) is 5.92 Å². The molecule has 0 aliphatic carbocycles. The van der Waals surface area contributed by atoms with Crippen molar-refractivity contribution in [1.82, 2.24) is 14.7 Å². The van der Waals surface area contributed by atoms with Crippen molar-refractivity contribution in [3.8, 4) is 0 Å². The predicted octanol–water partition coefficient (Wildman–Crippen LogP) is 2.41. The molecular formula is C21H32FN3O2. The monoisotopic (exact) mass is 377 g/mol. The second-order valence-corrected chi connectivity index (χ2v) is 7.75. The van der Waals surface area contributed by atoms with E-state index in [-0.39, 0.29) is 30.5 Å². The summed E-state index contributed by atoms with van der Waals surface area (Å²) in [6.07, 6.45) is 3.71. The molecule has 2 amide bonds. The van der Waals surface area contributed by atoms with E-state index in [4.69, 9.17) is 0 Å². The third-order valence-electron chi connectivity index (χ3n) is 5.24. The molecule has 6 heteroatoms. The molecular weight excluding hydrogens is 345 g/mol. The van der Waals surface area contributed by atoms with Crippen LogP contribution < -0.4 is 0 Å². The number of rotatable bonds is 8. The van der Waals surface area contributed by atoms with E-state index in [9.17, 15) is 14.0 Å². The molecule has 0 aromatic heterocycles. The average molecular weight is 378 g/mol. The van der Waals surface area contributed by atoms with Gasteiger partial charge in [0.2, 0.25) is 11.8 Å². The Morgan fingerprint density at radius 1 is 1.11 bits per heavy atom. The van der Waals surface area contributed by atoms with Crippen molar-refractivity contribution in [3.05, 3.63) is 35.6 Å². The zero-order chi connectivity index (χ0) is 19.8. The minimum atomic E-state index is -0.197. The van der Waals surface area contributed by atoms with Gasteiger partial charge in [0.05, 0.1) is 0 Å². The van der Waals surface area contributed by atoms with Gasteiger partial charge in [0, 0.05) is 53.6 Å². The summed E-state index contributed by atoms with van der Waals surface area (Å²) in [4.78, 5) is 29.6. The summed E-state index contributed by atoms with van der Waals surface area (Å²) in [5.41, 5.74) is 1.15. The topological polar surface area (TPSA) is 43.9 Å². The fourth-order valence-corrected chi connectivity index (χ4v) is 3.56. The molecule has 1 aromatic rings. The molecule has 0 bridgehead atoms. The summed E-state index contributed by atoms with van der Waals surface area (Å²) in [6, 6.07) is 6.71. The molecule has 0 unspecified atom stereocenters. The van der Waals surface area contributed by atoms with Gasteiger partial charge in [-0.3, -0.25) is 9.59 Å². The van der Waals surface area contributed by atoms with Crippen LogP contribution in [-0.2, 0) is 16.0 Å². The van der Waals surface area contributed by atoms with Gasteiger partial charge < -0.3 is 14.7 Å². The lowest BCUT2D eigenvalue weighted by Gasteiger charge is -2.34. The third-order valence-corrected chi connectivity index (χ3v) is 5.24. The van der Waals surface area contributed by atoms with Crippen LogP contribution in [0.25, 0.3) is 0 Å². The SMILES string of the molecule is CN(C)C(=O)CCC(=O)N(C)C[C@@H]1CCCN(CCc2ccc(F)cc2)C1. The number of amides is 2. The molecule has 1 aliphatic rings. The minimum Gasteiger partial charge on any atom is -0.349 e. The second kappa shape index (κ2) is 10.4. The summed E-state index contributed by atoms with van der Waals surface area (Å²) in [5.74, 6) is 0.289. The van der Waals surface area contributed by atoms with E-state index in [0.717, 1.165) is 51.0 Å². The number of hydrogen-bond donors (Lipinski definition) is 0. The molecule has 27 heavy (non-hydrogen) atoms. The molecule has 0 saturated carbocycles. The van der Waals surface area contributed by atoms with E-state index < -0.39 is 0 Å². The van der Waals surface area contributed by atoms with Gasteiger partial charge in [0.25, 0.3) is 0 Å². The highest BCUT2D eigenvalue weighted by Crippen LogP contribution is 2.18. The highest BCUT2D eigenvalue weighted by Gasteiger charge is 2.23. The van der Waals surface area contributed by atoms with Crippen molar-refractivity contribution in [2.45, 2.75) is 32.1 Å². The molecule has 0 radical (unpaired) electrons.